The van der Waals surface area contributed by atoms with Crippen molar-refractivity contribution in [1.29, 1.82) is 0 Å². The molecule has 0 atom stereocenters. The van der Waals surface area contributed by atoms with Gasteiger partial charge in [-0.05, 0) is 108 Å². The zero-order valence-electron chi connectivity index (χ0n) is 24.8. The van der Waals surface area contributed by atoms with E-state index in [0.717, 1.165) is 0 Å². The van der Waals surface area contributed by atoms with Crippen molar-refractivity contribution in [1.82, 2.24) is 9.97 Å². The Kier molecular flexibility index (Phi) is 6.27. The Hall–Kier alpha value is -5.60. The zero-order chi connectivity index (χ0) is 29.6. The number of fused-ring (bicyclic) bond motifs is 3. The summed E-state index contributed by atoms with van der Waals surface area (Å²) in [4.78, 5) is 8.71. The lowest BCUT2D eigenvalue weighted by Crippen LogP contribution is -1.93. The maximum absolute atomic E-state index is 4.37. The molecular formula is C42H30N2. The van der Waals surface area contributed by atoms with E-state index in [1.165, 1.54) is 88.0 Å². The van der Waals surface area contributed by atoms with Gasteiger partial charge in [0.25, 0.3) is 0 Å². The first-order valence-electron chi connectivity index (χ1n) is 15.1. The van der Waals surface area contributed by atoms with E-state index in [9.17, 15) is 0 Å². The Labute approximate surface area is 257 Å². The molecule has 0 bridgehead atoms. The minimum Gasteiger partial charge on any atom is -0.264 e. The van der Waals surface area contributed by atoms with E-state index >= 15 is 0 Å². The Bertz CT molecular complexity index is 2290. The predicted molar refractivity (Wildman–Crippen MR) is 186 cm³/mol. The molecule has 0 saturated heterocycles. The molecule has 0 saturated carbocycles. The first-order valence-corrected chi connectivity index (χ1v) is 15.1. The maximum atomic E-state index is 4.37. The number of hydrogen-bond acceptors (Lipinski definition) is 2. The minimum absolute atomic E-state index is 1.17. The Morgan fingerprint density at radius 3 is 1.45 bits per heavy atom. The van der Waals surface area contributed by atoms with Gasteiger partial charge in [-0.25, -0.2) is 0 Å². The summed E-state index contributed by atoms with van der Waals surface area (Å²) in [5, 5.41) is 7.52. The third-order valence-corrected chi connectivity index (χ3v) is 8.96. The van der Waals surface area contributed by atoms with E-state index in [0.29, 0.717) is 0 Å². The van der Waals surface area contributed by atoms with Gasteiger partial charge in [-0.1, -0.05) is 109 Å². The molecule has 0 aliphatic heterocycles. The van der Waals surface area contributed by atoms with Gasteiger partial charge in [-0.15, -0.1) is 0 Å². The molecule has 0 spiro atoms. The van der Waals surface area contributed by atoms with E-state index in [2.05, 4.69) is 145 Å². The van der Waals surface area contributed by atoms with Gasteiger partial charge < -0.3 is 0 Å². The van der Waals surface area contributed by atoms with Crippen LogP contribution in [0.25, 0.3) is 76.8 Å². The van der Waals surface area contributed by atoms with Gasteiger partial charge in [0, 0.05) is 30.4 Å². The molecule has 6 aromatic carbocycles. The predicted octanol–water partition coefficient (Wildman–Crippen LogP) is 11.2. The molecule has 0 aliphatic carbocycles. The van der Waals surface area contributed by atoms with Crippen molar-refractivity contribution in [3.63, 3.8) is 0 Å². The lowest BCUT2D eigenvalue weighted by molar-refractivity contribution is 1.27. The van der Waals surface area contributed by atoms with Crippen LogP contribution in [0.4, 0.5) is 0 Å². The van der Waals surface area contributed by atoms with Gasteiger partial charge in [0.15, 0.2) is 0 Å². The molecule has 0 fully saturated rings. The largest absolute Gasteiger partial charge is 0.264 e. The fourth-order valence-electron chi connectivity index (χ4n) is 6.84. The molecule has 2 aromatic heterocycles. The quantitative estimate of drug-likeness (QED) is 0.199. The van der Waals surface area contributed by atoms with Gasteiger partial charge in [0.1, 0.15) is 0 Å². The second kappa shape index (κ2) is 10.6. The van der Waals surface area contributed by atoms with Gasteiger partial charge in [-0.3, -0.25) is 9.97 Å². The van der Waals surface area contributed by atoms with Crippen LogP contribution in [0.1, 0.15) is 11.1 Å². The Morgan fingerprint density at radius 1 is 0.341 bits per heavy atom. The highest BCUT2D eigenvalue weighted by molar-refractivity contribution is 6.24. The number of benzene rings is 6. The average molecular weight is 563 g/mol. The SMILES string of the molecule is Cc1ccncc1-c1ccc(-c2c3ccccc3c(-c3ccc(-c4ccncc4C)c4ccccc34)c3ccccc23)cc1. The van der Waals surface area contributed by atoms with E-state index < -0.39 is 0 Å². The van der Waals surface area contributed by atoms with Crippen LogP contribution in [0, 0.1) is 13.8 Å². The van der Waals surface area contributed by atoms with Gasteiger partial charge >= 0.3 is 0 Å². The summed E-state index contributed by atoms with van der Waals surface area (Å²) in [6.45, 7) is 4.27. The number of aromatic nitrogens is 2. The third-order valence-electron chi connectivity index (χ3n) is 8.96. The van der Waals surface area contributed by atoms with Crippen LogP contribution in [-0.2, 0) is 0 Å². The molecule has 0 amide bonds. The summed E-state index contributed by atoms with van der Waals surface area (Å²) in [6.07, 6.45) is 7.64. The Balaban J connectivity index is 1.40. The highest BCUT2D eigenvalue weighted by atomic mass is 14.6. The number of hydrogen-bond donors (Lipinski definition) is 0. The van der Waals surface area contributed by atoms with Gasteiger partial charge in [0.2, 0.25) is 0 Å². The van der Waals surface area contributed by atoms with Gasteiger partial charge in [-0.2, -0.15) is 0 Å². The second-order valence-electron chi connectivity index (χ2n) is 11.5. The minimum atomic E-state index is 1.17. The molecule has 0 N–H and O–H groups in total. The maximum Gasteiger partial charge on any atom is 0.0349 e. The lowest BCUT2D eigenvalue weighted by atomic mass is 9.83. The average Bonchev–Trinajstić information content (AvgIpc) is 3.08. The van der Waals surface area contributed by atoms with Crippen molar-refractivity contribution in [2.24, 2.45) is 0 Å². The number of aryl methyl sites for hydroxylation is 2. The monoisotopic (exact) mass is 562 g/mol. The molecular weight excluding hydrogens is 532 g/mol. The summed E-state index contributed by atoms with van der Waals surface area (Å²) in [7, 11) is 0. The molecule has 44 heavy (non-hydrogen) atoms. The van der Waals surface area contributed by atoms with Crippen molar-refractivity contribution >= 4 is 32.3 Å². The summed E-state index contributed by atoms with van der Waals surface area (Å²) in [6, 6.07) is 44.3. The van der Waals surface area contributed by atoms with E-state index in [-0.39, 0.29) is 0 Å². The summed E-state index contributed by atoms with van der Waals surface area (Å²) < 4.78 is 0. The second-order valence-corrected chi connectivity index (χ2v) is 11.5. The van der Waals surface area contributed by atoms with Crippen LogP contribution in [0.3, 0.4) is 0 Å². The molecule has 0 unspecified atom stereocenters. The van der Waals surface area contributed by atoms with Crippen LogP contribution in [0.2, 0.25) is 0 Å². The fourth-order valence-corrected chi connectivity index (χ4v) is 6.84. The lowest BCUT2D eigenvalue weighted by Gasteiger charge is -2.20. The summed E-state index contributed by atoms with van der Waals surface area (Å²) in [5.41, 5.74) is 12.2. The molecule has 0 aliphatic rings. The molecule has 2 heterocycles. The highest BCUT2D eigenvalue weighted by Crippen LogP contribution is 2.46. The van der Waals surface area contributed by atoms with Crippen LogP contribution in [-0.4, -0.2) is 9.97 Å². The van der Waals surface area contributed by atoms with Crippen LogP contribution >= 0.6 is 0 Å². The molecule has 0 radical (unpaired) electrons. The van der Waals surface area contributed by atoms with Crippen LogP contribution in [0.15, 0.2) is 146 Å². The van der Waals surface area contributed by atoms with Crippen molar-refractivity contribution in [3.8, 4) is 44.5 Å². The van der Waals surface area contributed by atoms with Crippen molar-refractivity contribution in [2.75, 3.05) is 0 Å². The zero-order valence-corrected chi connectivity index (χ0v) is 24.8. The van der Waals surface area contributed by atoms with Gasteiger partial charge in [0.05, 0.1) is 0 Å². The summed E-state index contributed by atoms with van der Waals surface area (Å²) >= 11 is 0. The topological polar surface area (TPSA) is 25.8 Å². The molecule has 8 aromatic rings. The normalized spacial score (nSPS) is 11.4. The van der Waals surface area contributed by atoms with Crippen molar-refractivity contribution < 1.29 is 0 Å². The standard InChI is InChI=1S/C42H30N2/c1-27-21-23-44-26-40(27)29-15-17-30(18-16-29)41-35-11-5-7-13-37(35)42(38-14-8-6-12-36(38)41)39-20-19-34(31-22-24-43-25-28(31)2)32-9-3-4-10-33(32)39/h3-26H,1-2H3. The number of nitrogens with zero attached hydrogens (tertiary/aromatic N) is 2. The van der Waals surface area contributed by atoms with E-state index in [4.69, 9.17) is 0 Å². The molecule has 2 heteroatoms. The molecule has 208 valence electrons. The van der Waals surface area contributed by atoms with E-state index in [1.807, 2.05) is 24.8 Å². The van der Waals surface area contributed by atoms with E-state index in [1.54, 1.807) is 0 Å². The van der Waals surface area contributed by atoms with Crippen molar-refractivity contribution in [2.45, 2.75) is 13.8 Å². The smallest absolute Gasteiger partial charge is 0.0349 e. The molecule has 2 nitrogen and oxygen atoms in total. The van der Waals surface area contributed by atoms with Crippen molar-refractivity contribution in [3.05, 3.63) is 157 Å². The number of rotatable bonds is 4. The highest BCUT2D eigenvalue weighted by Gasteiger charge is 2.19. The molecule has 8 rings (SSSR count). The first-order chi connectivity index (χ1) is 21.7. The van der Waals surface area contributed by atoms with Crippen LogP contribution < -0.4 is 0 Å². The van der Waals surface area contributed by atoms with Crippen LogP contribution in [0.5, 0.6) is 0 Å². The fraction of sp³-hybridized carbons (Fsp3) is 0.0476. The third kappa shape index (κ3) is 4.19. The first kappa shape index (κ1) is 26.1. The summed E-state index contributed by atoms with van der Waals surface area (Å²) in [5.74, 6) is 0. The Morgan fingerprint density at radius 2 is 0.841 bits per heavy atom. The number of pyridine rings is 2.